The number of amides is 1. The van der Waals surface area contributed by atoms with E-state index in [9.17, 15) is 9.90 Å². The summed E-state index contributed by atoms with van der Waals surface area (Å²) in [5, 5.41) is 9.22. The van der Waals surface area contributed by atoms with E-state index in [4.69, 9.17) is 0 Å². The molecule has 0 aliphatic heterocycles. The largest absolute Gasteiger partial charge is 0.503 e. The number of benzene rings is 1. The molecule has 13 heavy (non-hydrogen) atoms. The van der Waals surface area contributed by atoms with E-state index >= 15 is 0 Å². The first-order valence-electron chi connectivity index (χ1n) is 3.60. The molecule has 0 bridgehead atoms. The second-order valence-corrected chi connectivity index (χ2v) is 2.90. The summed E-state index contributed by atoms with van der Waals surface area (Å²) in [6.45, 7) is 0. The maximum atomic E-state index is 10.9. The van der Waals surface area contributed by atoms with E-state index in [1.165, 1.54) is 6.08 Å². The summed E-state index contributed by atoms with van der Waals surface area (Å²) in [5.74, 6) is -0.787. The summed E-state index contributed by atoms with van der Waals surface area (Å²) in [4.78, 5) is 10.9. The van der Waals surface area contributed by atoms with Crippen LogP contribution in [0.2, 0.25) is 0 Å². The van der Waals surface area contributed by atoms with Crippen molar-refractivity contribution in [1.29, 1.82) is 0 Å². The van der Waals surface area contributed by atoms with Gasteiger partial charge in [0, 0.05) is 0 Å². The minimum absolute atomic E-state index is 0.291. The summed E-state index contributed by atoms with van der Waals surface area (Å²) in [6, 6.07) is 9.14. The maximum absolute atomic E-state index is 10.9. The second-order valence-electron chi connectivity index (χ2n) is 2.36. The number of hydrogen-bond acceptors (Lipinski definition) is 2. The molecular weight excluding hydrogens is 281 g/mol. The van der Waals surface area contributed by atoms with Gasteiger partial charge in [-0.1, -0.05) is 30.3 Å². The minimum atomic E-state index is -0.496. The fourth-order valence-corrected chi connectivity index (χ4v) is 1.10. The smallest absolute Gasteiger partial charge is 0.294 e. The highest BCUT2D eigenvalue weighted by atomic mass is 127. The first kappa shape index (κ1) is 10.0. The molecule has 0 unspecified atom stereocenters. The highest BCUT2D eigenvalue weighted by Crippen LogP contribution is 2.04. The zero-order chi connectivity index (χ0) is 9.68. The van der Waals surface area contributed by atoms with E-state index in [2.05, 4.69) is 3.53 Å². The van der Waals surface area contributed by atoms with Crippen molar-refractivity contribution in [2.24, 2.45) is 0 Å². The maximum Gasteiger partial charge on any atom is 0.294 e. The highest BCUT2D eigenvalue weighted by molar-refractivity contribution is 14.1. The molecule has 1 aromatic rings. The van der Waals surface area contributed by atoms with E-state index in [0.717, 1.165) is 5.56 Å². The molecule has 0 aliphatic carbocycles. The van der Waals surface area contributed by atoms with Crippen LogP contribution in [-0.2, 0) is 4.79 Å². The van der Waals surface area contributed by atoms with Gasteiger partial charge in [-0.3, -0.25) is 8.32 Å². The van der Waals surface area contributed by atoms with Crippen molar-refractivity contribution < 1.29 is 9.90 Å². The van der Waals surface area contributed by atoms with Crippen molar-refractivity contribution in [2.45, 2.75) is 0 Å². The van der Waals surface area contributed by atoms with Gasteiger partial charge in [-0.2, -0.15) is 0 Å². The van der Waals surface area contributed by atoms with Crippen LogP contribution in [0.5, 0.6) is 0 Å². The van der Waals surface area contributed by atoms with Gasteiger partial charge in [0.2, 0.25) is 0 Å². The standard InChI is InChI=1S/C9H8INO2/c10-11-9(13)8(12)6-7-4-2-1-3-5-7/h1-6,12H,(H,11,13)/b8-6-. The molecular formula is C9H8INO2. The molecule has 0 saturated carbocycles. The number of carbonyl (C=O) groups is 1. The molecule has 0 aliphatic rings. The summed E-state index contributed by atoms with van der Waals surface area (Å²) in [7, 11) is 0. The van der Waals surface area contributed by atoms with Gasteiger partial charge in [0.1, 0.15) is 0 Å². The SMILES string of the molecule is O=C(NI)/C(O)=C/c1ccccc1. The Kier molecular flexibility index (Phi) is 3.75. The van der Waals surface area contributed by atoms with Gasteiger partial charge in [0.15, 0.2) is 5.76 Å². The Bertz CT molecular complexity index is 322. The quantitative estimate of drug-likeness (QED) is 0.379. The number of nitrogens with one attached hydrogen (secondary N) is 1. The van der Waals surface area contributed by atoms with E-state index in [1.807, 2.05) is 18.2 Å². The third-order valence-corrected chi connectivity index (χ3v) is 1.91. The Balaban J connectivity index is 2.83. The van der Waals surface area contributed by atoms with Crippen LogP contribution in [0.1, 0.15) is 5.56 Å². The van der Waals surface area contributed by atoms with Crippen LogP contribution >= 0.6 is 22.9 Å². The van der Waals surface area contributed by atoms with Gasteiger partial charge in [-0.25, -0.2) is 0 Å². The normalized spacial score (nSPS) is 11.0. The lowest BCUT2D eigenvalue weighted by Crippen LogP contribution is -2.13. The minimum Gasteiger partial charge on any atom is -0.503 e. The Morgan fingerprint density at radius 2 is 2.00 bits per heavy atom. The lowest BCUT2D eigenvalue weighted by atomic mass is 10.2. The summed E-state index contributed by atoms with van der Waals surface area (Å²) < 4.78 is 2.30. The molecule has 0 spiro atoms. The summed E-state index contributed by atoms with van der Waals surface area (Å²) in [6.07, 6.45) is 1.41. The lowest BCUT2D eigenvalue weighted by molar-refractivity contribution is -0.117. The predicted molar refractivity (Wildman–Crippen MR) is 59.2 cm³/mol. The van der Waals surface area contributed by atoms with Gasteiger partial charge >= 0.3 is 0 Å². The highest BCUT2D eigenvalue weighted by Gasteiger charge is 2.03. The molecule has 68 valence electrons. The number of halogens is 1. The van der Waals surface area contributed by atoms with Crippen LogP contribution in [0.15, 0.2) is 36.1 Å². The van der Waals surface area contributed by atoms with Crippen molar-refractivity contribution in [2.75, 3.05) is 0 Å². The first-order valence-corrected chi connectivity index (χ1v) is 4.68. The Morgan fingerprint density at radius 1 is 1.38 bits per heavy atom. The van der Waals surface area contributed by atoms with Crippen LogP contribution in [0, 0.1) is 0 Å². The van der Waals surface area contributed by atoms with Crippen LogP contribution in [0.4, 0.5) is 0 Å². The zero-order valence-electron chi connectivity index (χ0n) is 6.70. The molecule has 0 fully saturated rings. The van der Waals surface area contributed by atoms with Crippen LogP contribution in [0.25, 0.3) is 6.08 Å². The average Bonchev–Trinajstić information content (AvgIpc) is 2.18. The molecule has 0 aromatic heterocycles. The van der Waals surface area contributed by atoms with Crippen molar-refractivity contribution >= 4 is 34.8 Å². The monoisotopic (exact) mass is 289 g/mol. The predicted octanol–water partition coefficient (Wildman–Crippen LogP) is 2.05. The van der Waals surface area contributed by atoms with Crippen molar-refractivity contribution in [3.8, 4) is 0 Å². The number of carbonyl (C=O) groups excluding carboxylic acids is 1. The molecule has 0 radical (unpaired) electrons. The molecule has 2 N–H and O–H groups in total. The van der Waals surface area contributed by atoms with Gasteiger partial charge in [0.25, 0.3) is 5.91 Å². The topological polar surface area (TPSA) is 49.3 Å². The number of rotatable bonds is 2. The number of hydrogen-bond donors (Lipinski definition) is 2. The van der Waals surface area contributed by atoms with Crippen molar-refractivity contribution in [3.63, 3.8) is 0 Å². The summed E-state index contributed by atoms with van der Waals surface area (Å²) >= 11 is 1.67. The Morgan fingerprint density at radius 3 is 2.54 bits per heavy atom. The van der Waals surface area contributed by atoms with Gasteiger partial charge in [-0.15, -0.1) is 0 Å². The molecule has 3 nitrogen and oxygen atoms in total. The molecule has 1 rings (SSSR count). The fraction of sp³-hybridized carbons (Fsp3) is 0. The van der Waals surface area contributed by atoms with Gasteiger partial charge in [-0.05, 0) is 11.6 Å². The second kappa shape index (κ2) is 4.86. The summed E-state index contributed by atoms with van der Waals surface area (Å²) in [5.41, 5.74) is 0.792. The van der Waals surface area contributed by atoms with Gasteiger partial charge < -0.3 is 5.11 Å². The van der Waals surface area contributed by atoms with E-state index in [0.29, 0.717) is 0 Å². The molecule has 4 heteroatoms. The third-order valence-electron chi connectivity index (χ3n) is 1.42. The van der Waals surface area contributed by atoms with Crippen LogP contribution in [-0.4, -0.2) is 11.0 Å². The van der Waals surface area contributed by atoms with E-state index in [1.54, 1.807) is 35.0 Å². The van der Waals surface area contributed by atoms with Crippen LogP contribution in [0.3, 0.4) is 0 Å². The van der Waals surface area contributed by atoms with E-state index in [-0.39, 0.29) is 5.76 Å². The van der Waals surface area contributed by atoms with Crippen molar-refractivity contribution in [1.82, 2.24) is 3.53 Å². The average molecular weight is 289 g/mol. The first-order chi connectivity index (χ1) is 6.24. The Hall–Kier alpha value is -1.04. The number of aliphatic hydroxyl groups excluding tert-OH is 1. The van der Waals surface area contributed by atoms with Crippen molar-refractivity contribution in [3.05, 3.63) is 41.7 Å². The third kappa shape index (κ3) is 3.06. The Labute approximate surface area is 90.0 Å². The molecule has 1 amide bonds. The number of aliphatic hydroxyl groups is 1. The fourth-order valence-electron chi connectivity index (χ4n) is 0.821. The molecule has 0 saturated heterocycles. The lowest BCUT2D eigenvalue weighted by Gasteiger charge is -1.96. The molecule has 0 atom stereocenters. The zero-order valence-corrected chi connectivity index (χ0v) is 8.86. The van der Waals surface area contributed by atoms with E-state index < -0.39 is 5.91 Å². The van der Waals surface area contributed by atoms with Gasteiger partial charge in [0.05, 0.1) is 22.9 Å². The van der Waals surface area contributed by atoms with Crippen LogP contribution < -0.4 is 3.53 Å². The molecule has 0 heterocycles. The molecule has 1 aromatic carbocycles.